The van der Waals surface area contributed by atoms with E-state index < -0.39 is 0 Å². The van der Waals surface area contributed by atoms with Gasteiger partial charge in [0.15, 0.2) is 17.3 Å². The molecule has 0 saturated carbocycles. The van der Waals surface area contributed by atoms with Crippen LogP contribution >= 0.6 is 0 Å². The lowest BCUT2D eigenvalue weighted by Crippen LogP contribution is -2.04. The largest absolute Gasteiger partial charge is 0.454 e. The lowest BCUT2D eigenvalue weighted by molar-refractivity contribution is -0.114. The number of fused-ring (bicyclic) bond motifs is 1. The van der Waals surface area contributed by atoms with Gasteiger partial charge in [0.2, 0.25) is 6.79 Å². The molecule has 1 aromatic rings. The molecule has 1 aliphatic heterocycles. The van der Waals surface area contributed by atoms with Crippen molar-refractivity contribution in [2.75, 3.05) is 13.9 Å². The second kappa shape index (κ2) is 5.36. The molecule has 0 unspecified atom stereocenters. The first-order chi connectivity index (χ1) is 9.78. The van der Waals surface area contributed by atoms with E-state index in [1.165, 1.54) is 7.11 Å². The van der Waals surface area contributed by atoms with Crippen molar-refractivity contribution in [2.24, 2.45) is 5.16 Å². The number of hydrogen-bond donors (Lipinski definition) is 0. The Bertz CT molecular complexity index is 604. The molecule has 1 aliphatic carbocycles. The van der Waals surface area contributed by atoms with Crippen LogP contribution in [0.1, 0.15) is 30.4 Å². The predicted molar refractivity (Wildman–Crippen MR) is 74.0 cm³/mol. The first kappa shape index (κ1) is 12.7. The van der Waals surface area contributed by atoms with Crippen LogP contribution in [-0.4, -0.2) is 25.9 Å². The highest BCUT2D eigenvalue weighted by Crippen LogP contribution is 2.38. The minimum atomic E-state index is 0.165. The molecule has 0 aromatic heterocycles. The van der Waals surface area contributed by atoms with Crippen molar-refractivity contribution in [3.63, 3.8) is 0 Å². The van der Waals surface area contributed by atoms with Crippen LogP contribution < -0.4 is 9.47 Å². The third-order valence-corrected chi connectivity index (χ3v) is 3.39. The number of hydrogen-bond acceptors (Lipinski definition) is 5. The van der Waals surface area contributed by atoms with E-state index in [0.717, 1.165) is 29.5 Å². The van der Waals surface area contributed by atoms with Gasteiger partial charge in [0.25, 0.3) is 0 Å². The minimum Gasteiger partial charge on any atom is -0.454 e. The number of carbonyl (C=O) groups excluding carboxylic acids is 1. The summed E-state index contributed by atoms with van der Waals surface area (Å²) in [6.45, 7) is 0.220. The molecule has 0 fully saturated rings. The van der Waals surface area contributed by atoms with Gasteiger partial charge in [-0.3, -0.25) is 4.79 Å². The zero-order valence-corrected chi connectivity index (χ0v) is 11.2. The van der Waals surface area contributed by atoms with E-state index in [4.69, 9.17) is 14.3 Å². The zero-order chi connectivity index (χ0) is 13.9. The van der Waals surface area contributed by atoms with Gasteiger partial charge >= 0.3 is 0 Å². The van der Waals surface area contributed by atoms with Crippen LogP contribution in [0.5, 0.6) is 11.5 Å². The molecule has 0 bridgehead atoms. The Kier molecular flexibility index (Phi) is 3.41. The summed E-state index contributed by atoms with van der Waals surface area (Å²) in [5.41, 5.74) is 2.82. The molecule has 0 spiro atoms. The minimum absolute atomic E-state index is 0.165. The number of benzene rings is 1. The lowest BCUT2D eigenvalue weighted by atomic mass is 9.90. The third kappa shape index (κ3) is 2.39. The highest BCUT2D eigenvalue weighted by Gasteiger charge is 2.20. The molecular weight excluding hydrogens is 258 g/mol. The van der Waals surface area contributed by atoms with Gasteiger partial charge in [-0.25, -0.2) is 0 Å². The van der Waals surface area contributed by atoms with E-state index in [-0.39, 0.29) is 12.6 Å². The fraction of sp³-hybridized carbons (Fsp3) is 0.333. The Hall–Kier alpha value is -2.30. The Morgan fingerprint density at radius 1 is 1.25 bits per heavy atom. The van der Waals surface area contributed by atoms with E-state index >= 15 is 0 Å². The van der Waals surface area contributed by atoms with E-state index in [1.807, 2.05) is 12.1 Å². The van der Waals surface area contributed by atoms with Gasteiger partial charge in [-0.05, 0) is 42.2 Å². The van der Waals surface area contributed by atoms with Gasteiger partial charge in [0.05, 0.1) is 6.21 Å². The summed E-state index contributed by atoms with van der Waals surface area (Å²) >= 11 is 0. The normalized spacial score (nSPS) is 17.4. The smallest absolute Gasteiger partial charge is 0.231 e. The number of nitrogens with zero attached hydrogens (tertiary/aromatic N) is 1. The topological polar surface area (TPSA) is 57.1 Å². The quantitative estimate of drug-likeness (QED) is 0.627. The molecule has 0 saturated heterocycles. The first-order valence-corrected chi connectivity index (χ1v) is 6.52. The fourth-order valence-corrected chi connectivity index (χ4v) is 2.46. The van der Waals surface area contributed by atoms with Gasteiger partial charge in [-0.2, -0.15) is 0 Å². The highest BCUT2D eigenvalue weighted by molar-refractivity contribution is 6.01. The third-order valence-electron chi connectivity index (χ3n) is 3.39. The Morgan fingerprint density at radius 3 is 2.80 bits per heavy atom. The van der Waals surface area contributed by atoms with Crippen molar-refractivity contribution in [1.29, 1.82) is 0 Å². The predicted octanol–water partition coefficient (Wildman–Crippen LogP) is 2.53. The number of ether oxygens (including phenoxy) is 2. The van der Waals surface area contributed by atoms with Crippen LogP contribution in [0.2, 0.25) is 0 Å². The van der Waals surface area contributed by atoms with Gasteiger partial charge in [0, 0.05) is 12.0 Å². The lowest BCUT2D eigenvalue weighted by Gasteiger charge is -2.15. The van der Waals surface area contributed by atoms with E-state index in [9.17, 15) is 4.79 Å². The Labute approximate surface area is 116 Å². The number of carbonyl (C=O) groups is 1. The average Bonchev–Trinajstić information content (AvgIpc) is 2.91. The van der Waals surface area contributed by atoms with Crippen molar-refractivity contribution in [3.05, 3.63) is 29.3 Å². The first-order valence-electron chi connectivity index (χ1n) is 6.52. The molecule has 5 heteroatoms. The highest BCUT2D eigenvalue weighted by atomic mass is 16.7. The average molecular weight is 273 g/mol. The number of ketones is 1. The fourth-order valence-electron chi connectivity index (χ4n) is 2.46. The monoisotopic (exact) mass is 273 g/mol. The van der Waals surface area contributed by atoms with E-state index in [2.05, 4.69) is 5.16 Å². The zero-order valence-electron chi connectivity index (χ0n) is 11.2. The Morgan fingerprint density at radius 2 is 2.05 bits per heavy atom. The molecule has 1 aromatic carbocycles. The van der Waals surface area contributed by atoms with Gasteiger partial charge in [0.1, 0.15) is 7.11 Å². The summed E-state index contributed by atoms with van der Waals surface area (Å²) in [4.78, 5) is 16.4. The maximum Gasteiger partial charge on any atom is 0.231 e. The maximum absolute atomic E-state index is 11.6. The van der Waals surface area contributed by atoms with Crippen molar-refractivity contribution in [3.8, 4) is 11.5 Å². The number of oxime groups is 1. The number of allylic oxidation sites excluding steroid dienone is 2. The molecule has 3 rings (SSSR count). The van der Waals surface area contributed by atoms with Crippen LogP contribution in [0.4, 0.5) is 0 Å². The summed E-state index contributed by atoms with van der Waals surface area (Å²) in [6, 6.07) is 3.77. The van der Waals surface area contributed by atoms with Crippen LogP contribution in [0.15, 0.2) is 23.4 Å². The second-order valence-electron chi connectivity index (χ2n) is 4.70. The Balaban J connectivity index is 2.07. The number of rotatable bonds is 3. The van der Waals surface area contributed by atoms with Gasteiger partial charge in [-0.15, -0.1) is 0 Å². The second-order valence-corrected chi connectivity index (χ2v) is 4.70. The van der Waals surface area contributed by atoms with E-state index in [1.54, 1.807) is 12.3 Å². The van der Waals surface area contributed by atoms with Crippen LogP contribution in [0.25, 0.3) is 5.57 Å². The molecule has 20 heavy (non-hydrogen) atoms. The summed E-state index contributed by atoms with van der Waals surface area (Å²) in [5, 5.41) is 3.81. The van der Waals surface area contributed by atoms with Gasteiger partial charge in [-0.1, -0.05) is 5.16 Å². The molecule has 2 aliphatic rings. The molecule has 0 N–H and O–H groups in total. The SMILES string of the molecule is CO/N=C/c1cc2c(cc1C1=CC(=O)CCC1)OCO2. The van der Waals surface area contributed by atoms with Crippen molar-refractivity contribution >= 4 is 17.6 Å². The molecule has 5 nitrogen and oxygen atoms in total. The van der Waals surface area contributed by atoms with Crippen molar-refractivity contribution in [2.45, 2.75) is 19.3 Å². The standard InChI is InChI=1S/C15H15NO4/c1-18-16-8-11-6-14-15(20-9-19-14)7-13(11)10-3-2-4-12(17)5-10/h5-8H,2-4,9H2,1H3/b16-8+. The van der Waals surface area contributed by atoms with Gasteiger partial charge < -0.3 is 14.3 Å². The molecule has 1 heterocycles. The molecule has 0 amide bonds. The summed E-state index contributed by atoms with van der Waals surface area (Å²) in [5.74, 6) is 1.56. The van der Waals surface area contributed by atoms with Crippen molar-refractivity contribution in [1.82, 2.24) is 0 Å². The van der Waals surface area contributed by atoms with Crippen molar-refractivity contribution < 1.29 is 19.1 Å². The molecule has 0 radical (unpaired) electrons. The summed E-state index contributed by atoms with van der Waals surface area (Å²) in [7, 11) is 1.49. The molecule has 0 atom stereocenters. The van der Waals surface area contributed by atoms with E-state index in [0.29, 0.717) is 17.9 Å². The molecular formula is C15H15NO4. The van der Waals surface area contributed by atoms with Crippen LogP contribution in [0.3, 0.4) is 0 Å². The van der Waals surface area contributed by atoms with Crippen LogP contribution in [0, 0.1) is 0 Å². The summed E-state index contributed by atoms with van der Waals surface area (Å²) in [6.07, 6.45) is 5.71. The summed E-state index contributed by atoms with van der Waals surface area (Å²) < 4.78 is 10.8. The van der Waals surface area contributed by atoms with Crippen LogP contribution in [-0.2, 0) is 9.63 Å². The molecule has 104 valence electrons. The maximum atomic E-state index is 11.6.